The topological polar surface area (TPSA) is 20.2 Å². The molecule has 0 radical (unpaired) electrons. The Bertz CT molecular complexity index is 303. The minimum atomic E-state index is -6.34. The maximum Gasteiger partial charge on any atom is 0.380 e. The monoisotopic (exact) mass is 316 g/mol. The molecule has 1 N–H and O–H groups in total. The molecule has 0 heterocycles. The SMILES string of the molecule is CCCCCCC(F)(F)C(F)(F)C(F)(F)C(F)(F)CO. The zero-order chi connectivity index (χ0) is 16.2. The first-order chi connectivity index (χ1) is 8.87. The zero-order valence-corrected chi connectivity index (χ0v) is 10.7. The summed E-state index contributed by atoms with van der Waals surface area (Å²) in [6, 6.07) is 0. The van der Waals surface area contributed by atoms with Gasteiger partial charge in [-0.15, -0.1) is 0 Å². The predicted octanol–water partition coefficient (Wildman–Crippen LogP) is 4.49. The van der Waals surface area contributed by atoms with E-state index in [1.54, 1.807) is 6.92 Å². The molecular formula is C11H16F8O. The van der Waals surface area contributed by atoms with Gasteiger partial charge >= 0.3 is 23.7 Å². The van der Waals surface area contributed by atoms with Crippen LogP contribution in [0.1, 0.15) is 39.0 Å². The molecule has 0 aromatic heterocycles. The normalized spacial score (nSPS) is 14.7. The van der Waals surface area contributed by atoms with Gasteiger partial charge in [-0.25, -0.2) is 0 Å². The summed E-state index contributed by atoms with van der Waals surface area (Å²) >= 11 is 0. The van der Waals surface area contributed by atoms with Crippen molar-refractivity contribution in [3.8, 4) is 0 Å². The Labute approximate surface area is 111 Å². The summed E-state index contributed by atoms with van der Waals surface area (Å²) in [5.74, 6) is -23.5. The van der Waals surface area contributed by atoms with Crippen LogP contribution >= 0.6 is 0 Å². The third-order valence-corrected chi connectivity index (χ3v) is 2.86. The molecule has 20 heavy (non-hydrogen) atoms. The van der Waals surface area contributed by atoms with E-state index in [9.17, 15) is 35.1 Å². The zero-order valence-electron chi connectivity index (χ0n) is 10.7. The molecule has 1 nitrogen and oxygen atoms in total. The highest BCUT2D eigenvalue weighted by Gasteiger charge is 2.79. The van der Waals surface area contributed by atoms with E-state index in [-0.39, 0.29) is 6.42 Å². The Morgan fingerprint density at radius 2 is 1.15 bits per heavy atom. The fourth-order valence-corrected chi connectivity index (χ4v) is 1.49. The van der Waals surface area contributed by atoms with E-state index < -0.39 is 43.1 Å². The Kier molecular flexibility index (Phi) is 6.25. The van der Waals surface area contributed by atoms with Gasteiger partial charge in [-0.3, -0.25) is 0 Å². The molecule has 122 valence electrons. The maximum absolute atomic E-state index is 13.1. The number of aliphatic hydroxyl groups is 1. The highest BCUT2D eigenvalue weighted by Crippen LogP contribution is 2.53. The predicted molar refractivity (Wildman–Crippen MR) is 55.6 cm³/mol. The van der Waals surface area contributed by atoms with Crippen LogP contribution in [-0.2, 0) is 0 Å². The second-order valence-electron chi connectivity index (χ2n) is 4.53. The van der Waals surface area contributed by atoms with E-state index in [2.05, 4.69) is 0 Å². The summed E-state index contributed by atoms with van der Waals surface area (Å²) in [5.41, 5.74) is 0. The van der Waals surface area contributed by atoms with Crippen molar-refractivity contribution in [1.29, 1.82) is 0 Å². The highest BCUT2D eigenvalue weighted by molar-refractivity contribution is 5.03. The summed E-state index contributed by atoms with van der Waals surface area (Å²) in [6.45, 7) is -0.940. The third kappa shape index (κ3) is 3.53. The smallest absolute Gasteiger partial charge is 0.380 e. The van der Waals surface area contributed by atoms with Crippen molar-refractivity contribution < 1.29 is 40.2 Å². The average molecular weight is 316 g/mol. The molecule has 9 heteroatoms. The minimum absolute atomic E-state index is 0.101. The fourth-order valence-electron chi connectivity index (χ4n) is 1.49. The second-order valence-corrected chi connectivity index (χ2v) is 4.53. The molecule has 0 aromatic carbocycles. The van der Waals surface area contributed by atoms with Gasteiger partial charge < -0.3 is 5.11 Å². The average Bonchev–Trinajstić information content (AvgIpc) is 2.34. The lowest BCUT2D eigenvalue weighted by molar-refractivity contribution is -0.371. The van der Waals surface area contributed by atoms with Gasteiger partial charge in [0.05, 0.1) is 0 Å². The number of hydrogen-bond donors (Lipinski definition) is 1. The van der Waals surface area contributed by atoms with Crippen LogP contribution in [0.3, 0.4) is 0 Å². The van der Waals surface area contributed by atoms with Gasteiger partial charge in [-0.05, 0) is 6.42 Å². The lowest BCUT2D eigenvalue weighted by Gasteiger charge is -2.36. The van der Waals surface area contributed by atoms with Crippen molar-refractivity contribution >= 4 is 0 Å². The van der Waals surface area contributed by atoms with Gasteiger partial charge in [-0.1, -0.05) is 26.2 Å². The molecule has 0 fully saturated rings. The lowest BCUT2D eigenvalue weighted by atomic mass is 9.95. The van der Waals surface area contributed by atoms with Crippen LogP contribution in [0.2, 0.25) is 0 Å². The number of halogens is 8. The Balaban J connectivity index is 5.08. The van der Waals surface area contributed by atoms with Crippen LogP contribution in [0.5, 0.6) is 0 Å². The summed E-state index contributed by atoms with van der Waals surface area (Å²) in [6.07, 6.45) is -0.982. The molecule has 0 atom stereocenters. The molecule has 0 bridgehead atoms. The van der Waals surface area contributed by atoms with E-state index >= 15 is 0 Å². The standard InChI is InChI=1S/C11H16F8O/c1-2-3-4-5-6-8(12,13)10(16,17)11(18,19)9(14,15)7-20/h20H,2-7H2,1H3. The Morgan fingerprint density at radius 3 is 1.55 bits per heavy atom. The highest BCUT2D eigenvalue weighted by atomic mass is 19.4. The number of rotatable bonds is 9. The molecule has 0 amide bonds. The summed E-state index contributed by atoms with van der Waals surface area (Å²) in [7, 11) is 0. The van der Waals surface area contributed by atoms with Crippen molar-refractivity contribution in [2.75, 3.05) is 6.61 Å². The first kappa shape index (κ1) is 19.4. The summed E-state index contributed by atoms with van der Waals surface area (Å²) in [5, 5.41) is 8.00. The first-order valence-electron chi connectivity index (χ1n) is 5.99. The van der Waals surface area contributed by atoms with Crippen LogP contribution in [0.15, 0.2) is 0 Å². The Hall–Kier alpha value is -0.600. The second kappa shape index (κ2) is 6.44. The molecule has 0 spiro atoms. The van der Waals surface area contributed by atoms with Crippen LogP contribution < -0.4 is 0 Å². The largest absolute Gasteiger partial charge is 0.390 e. The number of unbranched alkanes of at least 4 members (excludes halogenated alkanes) is 3. The van der Waals surface area contributed by atoms with Gasteiger partial charge in [0.25, 0.3) is 0 Å². The van der Waals surface area contributed by atoms with Gasteiger partial charge in [0, 0.05) is 6.42 Å². The quantitative estimate of drug-likeness (QED) is 0.491. The van der Waals surface area contributed by atoms with Crippen LogP contribution in [0, 0.1) is 0 Å². The van der Waals surface area contributed by atoms with Gasteiger partial charge in [-0.2, -0.15) is 35.1 Å². The molecule has 0 aliphatic carbocycles. The van der Waals surface area contributed by atoms with Gasteiger partial charge in [0.2, 0.25) is 0 Å². The van der Waals surface area contributed by atoms with Crippen LogP contribution in [-0.4, -0.2) is 35.4 Å². The number of hydrogen-bond acceptors (Lipinski definition) is 1. The minimum Gasteiger partial charge on any atom is -0.390 e. The van der Waals surface area contributed by atoms with Crippen LogP contribution in [0.4, 0.5) is 35.1 Å². The number of aliphatic hydroxyl groups excluding tert-OH is 1. The van der Waals surface area contributed by atoms with Crippen molar-refractivity contribution in [3.63, 3.8) is 0 Å². The van der Waals surface area contributed by atoms with E-state index in [4.69, 9.17) is 5.11 Å². The van der Waals surface area contributed by atoms with Crippen molar-refractivity contribution in [2.24, 2.45) is 0 Å². The van der Waals surface area contributed by atoms with Crippen molar-refractivity contribution in [3.05, 3.63) is 0 Å². The molecule has 0 aromatic rings. The molecule has 0 aliphatic heterocycles. The van der Waals surface area contributed by atoms with E-state index in [0.29, 0.717) is 12.8 Å². The Morgan fingerprint density at radius 1 is 0.700 bits per heavy atom. The molecule has 0 unspecified atom stereocenters. The van der Waals surface area contributed by atoms with Crippen LogP contribution in [0.25, 0.3) is 0 Å². The summed E-state index contributed by atoms with van der Waals surface area (Å²) in [4.78, 5) is 0. The fraction of sp³-hybridized carbons (Fsp3) is 1.00. The van der Waals surface area contributed by atoms with E-state index in [1.165, 1.54) is 0 Å². The molecule has 0 rings (SSSR count). The molecule has 0 aliphatic rings. The number of alkyl halides is 8. The van der Waals surface area contributed by atoms with Crippen molar-refractivity contribution in [2.45, 2.75) is 62.7 Å². The third-order valence-electron chi connectivity index (χ3n) is 2.86. The molecular weight excluding hydrogens is 300 g/mol. The summed E-state index contributed by atoms with van der Waals surface area (Å²) < 4.78 is 103. The van der Waals surface area contributed by atoms with E-state index in [1.807, 2.05) is 0 Å². The molecule has 0 saturated heterocycles. The van der Waals surface area contributed by atoms with Crippen molar-refractivity contribution in [1.82, 2.24) is 0 Å². The first-order valence-corrected chi connectivity index (χ1v) is 5.99. The van der Waals surface area contributed by atoms with E-state index in [0.717, 1.165) is 0 Å². The lowest BCUT2D eigenvalue weighted by Crippen LogP contribution is -2.63. The molecule has 0 saturated carbocycles. The van der Waals surface area contributed by atoms with Gasteiger partial charge in [0.15, 0.2) is 0 Å². The maximum atomic E-state index is 13.1. The van der Waals surface area contributed by atoms with Gasteiger partial charge in [0.1, 0.15) is 6.61 Å².